The van der Waals surface area contributed by atoms with Crippen LogP contribution in [0.5, 0.6) is 0 Å². The Morgan fingerprint density at radius 3 is 2.29 bits per heavy atom. The summed E-state index contributed by atoms with van der Waals surface area (Å²) in [5.74, 6) is 0.455. The molecule has 0 aliphatic carbocycles. The Kier molecular flexibility index (Phi) is 4.79. The van der Waals surface area contributed by atoms with Crippen molar-refractivity contribution in [3.63, 3.8) is 0 Å². The normalized spacial score (nSPS) is 13.2. The van der Waals surface area contributed by atoms with Crippen molar-refractivity contribution in [3.8, 4) is 11.1 Å². The number of hydrogen-bond donors (Lipinski definition) is 1. The van der Waals surface area contributed by atoms with Gasteiger partial charge in [0.1, 0.15) is 0 Å². The fraction of sp³-hybridized carbons (Fsp3) is 0.421. The van der Waals surface area contributed by atoms with E-state index in [9.17, 15) is 0 Å². The number of benzene rings is 1. The van der Waals surface area contributed by atoms with Crippen LogP contribution in [0.25, 0.3) is 11.1 Å². The zero-order valence-corrected chi connectivity index (χ0v) is 13.6. The maximum Gasteiger partial charge on any atom is 0.0346 e. The molecule has 2 heteroatoms. The highest BCUT2D eigenvalue weighted by molar-refractivity contribution is 5.63. The van der Waals surface area contributed by atoms with Gasteiger partial charge in [0, 0.05) is 18.0 Å². The summed E-state index contributed by atoms with van der Waals surface area (Å²) in [7, 11) is 0. The number of nitrogens with zero attached hydrogens (tertiary/aromatic N) is 1. The molecule has 112 valence electrons. The number of nitrogens with two attached hydrogens (primary N) is 1. The Bertz CT molecular complexity index is 579. The molecule has 1 heterocycles. The van der Waals surface area contributed by atoms with Crippen LogP contribution in [0.15, 0.2) is 42.7 Å². The van der Waals surface area contributed by atoms with Gasteiger partial charge in [-0.15, -0.1) is 0 Å². The molecule has 1 aromatic heterocycles. The van der Waals surface area contributed by atoms with Crippen LogP contribution in [0, 0.1) is 0 Å². The molecular formula is C19H26N2. The lowest BCUT2D eigenvalue weighted by Crippen LogP contribution is -2.10. The Labute approximate surface area is 128 Å². The van der Waals surface area contributed by atoms with Crippen LogP contribution in [-0.4, -0.2) is 11.5 Å². The van der Waals surface area contributed by atoms with Gasteiger partial charge < -0.3 is 5.73 Å². The first-order valence-electron chi connectivity index (χ1n) is 7.67. The predicted molar refractivity (Wildman–Crippen MR) is 90.5 cm³/mol. The maximum atomic E-state index is 5.65. The van der Waals surface area contributed by atoms with Gasteiger partial charge in [0.25, 0.3) is 0 Å². The van der Waals surface area contributed by atoms with Gasteiger partial charge in [-0.1, -0.05) is 52.0 Å². The predicted octanol–water partition coefficient (Wildman–Crippen LogP) is 4.50. The summed E-state index contributed by atoms with van der Waals surface area (Å²) >= 11 is 0. The van der Waals surface area contributed by atoms with E-state index < -0.39 is 0 Å². The summed E-state index contributed by atoms with van der Waals surface area (Å²) in [6.07, 6.45) is 4.88. The van der Waals surface area contributed by atoms with Crippen molar-refractivity contribution < 1.29 is 0 Å². The molecule has 0 saturated carbocycles. The Hall–Kier alpha value is -1.67. The van der Waals surface area contributed by atoms with Crippen molar-refractivity contribution in [1.82, 2.24) is 4.98 Å². The standard InChI is InChI=1S/C19H26N2/c1-14(9-10-20)16-11-17(13-21-12-16)15-5-7-18(8-6-15)19(2,3)4/h5-8,11-14H,9-10,20H2,1-4H3. The number of pyridine rings is 1. The highest BCUT2D eigenvalue weighted by atomic mass is 14.6. The minimum Gasteiger partial charge on any atom is -0.330 e. The smallest absolute Gasteiger partial charge is 0.0346 e. The van der Waals surface area contributed by atoms with Crippen LogP contribution in [0.2, 0.25) is 0 Å². The summed E-state index contributed by atoms with van der Waals surface area (Å²) in [6.45, 7) is 9.62. The van der Waals surface area contributed by atoms with E-state index >= 15 is 0 Å². The van der Waals surface area contributed by atoms with Crippen LogP contribution in [0.3, 0.4) is 0 Å². The zero-order chi connectivity index (χ0) is 15.5. The van der Waals surface area contributed by atoms with E-state index in [-0.39, 0.29) is 5.41 Å². The monoisotopic (exact) mass is 282 g/mol. The molecule has 1 unspecified atom stereocenters. The molecule has 0 fully saturated rings. The second kappa shape index (κ2) is 6.40. The highest BCUT2D eigenvalue weighted by Gasteiger charge is 2.13. The molecule has 0 bridgehead atoms. The first-order chi connectivity index (χ1) is 9.91. The van der Waals surface area contributed by atoms with Crippen molar-refractivity contribution in [2.75, 3.05) is 6.54 Å². The van der Waals surface area contributed by atoms with Gasteiger partial charge in [0.05, 0.1) is 0 Å². The van der Waals surface area contributed by atoms with Crippen molar-refractivity contribution in [2.45, 2.75) is 45.4 Å². The molecule has 0 saturated heterocycles. The molecular weight excluding hydrogens is 256 g/mol. The van der Waals surface area contributed by atoms with E-state index in [4.69, 9.17) is 5.73 Å². The summed E-state index contributed by atoms with van der Waals surface area (Å²) in [6, 6.07) is 11.0. The number of aromatic nitrogens is 1. The van der Waals surface area contributed by atoms with E-state index in [2.05, 4.69) is 63.0 Å². The molecule has 2 nitrogen and oxygen atoms in total. The van der Waals surface area contributed by atoms with Crippen LogP contribution in [0.4, 0.5) is 0 Å². The third-order valence-electron chi connectivity index (χ3n) is 4.01. The SMILES string of the molecule is CC(CCN)c1cncc(-c2ccc(C(C)(C)C)cc2)c1. The van der Waals surface area contributed by atoms with Crippen molar-refractivity contribution in [1.29, 1.82) is 0 Å². The largest absolute Gasteiger partial charge is 0.330 e. The molecule has 2 aromatic rings. The van der Waals surface area contributed by atoms with Gasteiger partial charge in [0.15, 0.2) is 0 Å². The fourth-order valence-corrected chi connectivity index (χ4v) is 2.46. The summed E-state index contributed by atoms with van der Waals surface area (Å²) in [5.41, 5.74) is 10.9. The second-order valence-electron chi connectivity index (χ2n) is 6.81. The molecule has 2 N–H and O–H groups in total. The molecule has 0 amide bonds. The molecule has 21 heavy (non-hydrogen) atoms. The third kappa shape index (κ3) is 3.92. The van der Waals surface area contributed by atoms with Gasteiger partial charge in [-0.25, -0.2) is 0 Å². The first-order valence-corrected chi connectivity index (χ1v) is 7.67. The third-order valence-corrected chi connectivity index (χ3v) is 4.01. The Morgan fingerprint density at radius 1 is 1.05 bits per heavy atom. The summed E-state index contributed by atoms with van der Waals surface area (Å²) in [5, 5.41) is 0. The van der Waals surface area contributed by atoms with E-state index in [1.807, 2.05) is 12.4 Å². The lowest BCUT2D eigenvalue weighted by Gasteiger charge is -2.19. The average Bonchev–Trinajstić information content (AvgIpc) is 2.47. The van der Waals surface area contributed by atoms with Crippen molar-refractivity contribution in [2.24, 2.45) is 5.73 Å². The minimum atomic E-state index is 0.189. The molecule has 0 aliphatic heterocycles. The number of hydrogen-bond acceptors (Lipinski definition) is 2. The Balaban J connectivity index is 2.28. The second-order valence-corrected chi connectivity index (χ2v) is 6.81. The Morgan fingerprint density at radius 2 is 1.71 bits per heavy atom. The average molecular weight is 282 g/mol. The lowest BCUT2D eigenvalue weighted by atomic mass is 9.86. The fourth-order valence-electron chi connectivity index (χ4n) is 2.46. The molecule has 1 atom stereocenters. The molecule has 1 aromatic carbocycles. The maximum absolute atomic E-state index is 5.65. The molecule has 2 rings (SSSR count). The minimum absolute atomic E-state index is 0.189. The topological polar surface area (TPSA) is 38.9 Å². The van der Waals surface area contributed by atoms with Crippen molar-refractivity contribution in [3.05, 3.63) is 53.9 Å². The van der Waals surface area contributed by atoms with Crippen LogP contribution in [-0.2, 0) is 5.41 Å². The van der Waals surface area contributed by atoms with Crippen LogP contribution in [0.1, 0.15) is 51.2 Å². The quantitative estimate of drug-likeness (QED) is 0.896. The van der Waals surface area contributed by atoms with Crippen molar-refractivity contribution >= 4 is 0 Å². The lowest BCUT2D eigenvalue weighted by molar-refractivity contribution is 0.590. The zero-order valence-electron chi connectivity index (χ0n) is 13.6. The highest BCUT2D eigenvalue weighted by Crippen LogP contribution is 2.27. The summed E-state index contributed by atoms with van der Waals surface area (Å²) in [4.78, 5) is 4.39. The van der Waals surface area contributed by atoms with Gasteiger partial charge in [-0.3, -0.25) is 4.98 Å². The van der Waals surface area contributed by atoms with E-state index in [0.29, 0.717) is 12.5 Å². The molecule has 0 radical (unpaired) electrons. The summed E-state index contributed by atoms with van der Waals surface area (Å²) < 4.78 is 0. The van der Waals surface area contributed by atoms with Gasteiger partial charge in [-0.05, 0) is 47.1 Å². The van der Waals surface area contributed by atoms with E-state index in [1.54, 1.807) is 0 Å². The van der Waals surface area contributed by atoms with Gasteiger partial charge in [0.2, 0.25) is 0 Å². The molecule has 0 spiro atoms. The molecule has 0 aliphatic rings. The van der Waals surface area contributed by atoms with Crippen LogP contribution >= 0.6 is 0 Å². The number of rotatable bonds is 4. The van der Waals surface area contributed by atoms with Gasteiger partial charge >= 0.3 is 0 Å². The first kappa shape index (κ1) is 15.7. The van der Waals surface area contributed by atoms with E-state index in [1.165, 1.54) is 22.3 Å². The van der Waals surface area contributed by atoms with E-state index in [0.717, 1.165) is 6.42 Å². The van der Waals surface area contributed by atoms with Crippen LogP contribution < -0.4 is 5.73 Å². The van der Waals surface area contributed by atoms with Gasteiger partial charge in [-0.2, -0.15) is 0 Å².